The third kappa shape index (κ3) is 2.76. The lowest BCUT2D eigenvalue weighted by atomic mass is 10.0. The molecule has 4 aromatic carbocycles. The zero-order valence-electron chi connectivity index (χ0n) is 16.9. The molecule has 5 aromatic rings. The van der Waals surface area contributed by atoms with Crippen molar-refractivity contribution in [2.24, 2.45) is 0 Å². The Bertz CT molecular complexity index is 1510. The zero-order chi connectivity index (χ0) is 20.9. The number of nitrogens with zero attached hydrogens (tertiary/aromatic N) is 1. The van der Waals surface area contributed by atoms with Crippen LogP contribution >= 0.6 is 0 Å². The van der Waals surface area contributed by atoms with Crippen LogP contribution in [0.2, 0.25) is 0 Å². The van der Waals surface area contributed by atoms with Gasteiger partial charge in [0.25, 0.3) is 0 Å². The van der Waals surface area contributed by atoms with E-state index in [9.17, 15) is 9.59 Å². The lowest BCUT2D eigenvalue weighted by molar-refractivity contribution is -0.116. The van der Waals surface area contributed by atoms with Gasteiger partial charge in [0.15, 0.2) is 5.43 Å². The maximum atomic E-state index is 13.2. The van der Waals surface area contributed by atoms with Gasteiger partial charge in [-0.05, 0) is 59.7 Å². The molecule has 0 fully saturated rings. The summed E-state index contributed by atoms with van der Waals surface area (Å²) in [6.07, 6.45) is 2.11. The molecule has 150 valence electrons. The van der Waals surface area contributed by atoms with Gasteiger partial charge in [0.05, 0.1) is 11.0 Å². The molecule has 31 heavy (non-hydrogen) atoms. The molecule has 1 aromatic heterocycles. The summed E-state index contributed by atoms with van der Waals surface area (Å²) < 4.78 is 1.93. The van der Waals surface area contributed by atoms with Crippen molar-refractivity contribution in [1.29, 1.82) is 0 Å². The maximum Gasteiger partial charge on any atom is 0.244 e. The predicted molar refractivity (Wildman–Crippen MR) is 126 cm³/mol. The number of hydrogen-bond donors (Lipinski definition) is 1. The third-order valence-electron chi connectivity index (χ3n) is 6.33. The van der Waals surface area contributed by atoms with Crippen molar-refractivity contribution in [2.45, 2.75) is 19.4 Å². The highest BCUT2D eigenvalue weighted by atomic mass is 16.2. The first-order valence-corrected chi connectivity index (χ1v) is 10.5. The zero-order valence-corrected chi connectivity index (χ0v) is 16.9. The van der Waals surface area contributed by atoms with Crippen LogP contribution in [0.1, 0.15) is 11.1 Å². The lowest BCUT2D eigenvalue weighted by Crippen LogP contribution is -2.21. The summed E-state index contributed by atoms with van der Waals surface area (Å²) in [7, 11) is 0. The minimum absolute atomic E-state index is 0.00429. The standard InChI is InChI=1S/C27H20N2O2/c30-25(28-22-15-14-18-13-12-17-6-5-9-19(22)26(17)18)16-29-23-10-3-1-7-20(23)27(31)21-8-2-4-11-24(21)29/h1-11,14-15H,12-13,16H2,(H,28,30). The van der Waals surface area contributed by atoms with Crippen LogP contribution in [0.15, 0.2) is 83.7 Å². The van der Waals surface area contributed by atoms with Crippen molar-refractivity contribution < 1.29 is 4.79 Å². The van der Waals surface area contributed by atoms with Crippen molar-refractivity contribution >= 4 is 44.2 Å². The summed E-state index contributed by atoms with van der Waals surface area (Å²) >= 11 is 0. The fourth-order valence-electron chi connectivity index (χ4n) is 4.94. The molecule has 1 aliphatic rings. The van der Waals surface area contributed by atoms with Crippen molar-refractivity contribution in [2.75, 3.05) is 5.32 Å². The minimum Gasteiger partial charge on any atom is -0.331 e. The van der Waals surface area contributed by atoms with Gasteiger partial charge in [0, 0.05) is 21.8 Å². The second-order valence-electron chi connectivity index (χ2n) is 8.11. The maximum absolute atomic E-state index is 13.2. The van der Waals surface area contributed by atoms with Crippen molar-refractivity contribution in [3.05, 3.63) is 100 Å². The fraction of sp³-hybridized carbons (Fsp3) is 0.111. The highest BCUT2D eigenvalue weighted by molar-refractivity contribution is 6.05. The number of para-hydroxylation sites is 2. The van der Waals surface area contributed by atoms with E-state index in [2.05, 4.69) is 29.6 Å². The Morgan fingerprint density at radius 2 is 1.35 bits per heavy atom. The van der Waals surface area contributed by atoms with Crippen LogP contribution in [0.3, 0.4) is 0 Å². The Hall–Kier alpha value is -3.92. The van der Waals surface area contributed by atoms with Crippen LogP contribution in [-0.2, 0) is 24.2 Å². The SMILES string of the molecule is O=C(Cn1c2ccccc2c(=O)c2ccccc21)Nc1ccc2c3c(cccc13)CC2. The van der Waals surface area contributed by atoms with E-state index in [0.717, 1.165) is 34.9 Å². The summed E-state index contributed by atoms with van der Waals surface area (Å²) in [6, 6.07) is 25.4. The van der Waals surface area contributed by atoms with Crippen LogP contribution in [0.5, 0.6) is 0 Å². The van der Waals surface area contributed by atoms with E-state index in [4.69, 9.17) is 0 Å². The summed E-state index contributed by atoms with van der Waals surface area (Å²) in [5.74, 6) is -0.113. The first-order chi connectivity index (χ1) is 15.2. The molecule has 0 saturated heterocycles. The molecule has 0 spiro atoms. The van der Waals surface area contributed by atoms with Gasteiger partial charge in [-0.2, -0.15) is 0 Å². The molecule has 6 rings (SSSR count). The number of carbonyl (C=O) groups is 1. The molecule has 0 saturated carbocycles. The smallest absolute Gasteiger partial charge is 0.244 e. The van der Waals surface area contributed by atoms with Gasteiger partial charge in [-0.15, -0.1) is 0 Å². The molecule has 0 unspecified atom stereocenters. The summed E-state index contributed by atoms with van der Waals surface area (Å²) in [5, 5.41) is 6.74. The van der Waals surface area contributed by atoms with E-state index >= 15 is 0 Å². The van der Waals surface area contributed by atoms with Crippen molar-refractivity contribution in [3.8, 4) is 0 Å². The number of aryl methyl sites for hydroxylation is 2. The first kappa shape index (κ1) is 17.9. The second kappa shape index (κ2) is 6.81. The van der Waals surface area contributed by atoms with Crippen molar-refractivity contribution in [3.63, 3.8) is 0 Å². The Labute approximate surface area is 178 Å². The quantitative estimate of drug-likeness (QED) is 0.428. The van der Waals surface area contributed by atoms with Crippen LogP contribution in [0.25, 0.3) is 32.6 Å². The first-order valence-electron chi connectivity index (χ1n) is 10.5. The number of rotatable bonds is 3. The van der Waals surface area contributed by atoms with E-state index in [0.29, 0.717) is 10.8 Å². The summed E-state index contributed by atoms with van der Waals surface area (Å²) in [5.41, 5.74) is 5.06. The van der Waals surface area contributed by atoms with Gasteiger partial charge in [0.2, 0.25) is 5.91 Å². The van der Waals surface area contributed by atoms with Gasteiger partial charge in [-0.25, -0.2) is 0 Å². The normalized spacial score (nSPS) is 12.6. The van der Waals surface area contributed by atoms with Gasteiger partial charge in [-0.3, -0.25) is 9.59 Å². The molecular weight excluding hydrogens is 384 g/mol. The number of anilines is 1. The number of fused-ring (bicyclic) bond motifs is 2. The van der Waals surface area contributed by atoms with E-state index in [-0.39, 0.29) is 17.9 Å². The predicted octanol–water partition coefficient (Wildman–Crippen LogP) is 5.05. The molecule has 1 heterocycles. The highest BCUT2D eigenvalue weighted by Gasteiger charge is 2.18. The number of aromatic nitrogens is 1. The molecule has 1 N–H and O–H groups in total. The average Bonchev–Trinajstić information content (AvgIpc) is 3.23. The summed E-state index contributed by atoms with van der Waals surface area (Å²) in [4.78, 5) is 26.1. The van der Waals surface area contributed by atoms with Gasteiger partial charge >= 0.3 is 0 Å². The largest absolute Gasteiger partial charge is 0.331 e. The monoisotopic (exact) mass is 404 g/mol. The number of nitrogens with one attached hydrogen (secondary N) is 1. The van der Waals surface area contributed by atoms with Crippen LogP contribution < -0.4 is 10.7 Å². The minimum atomic E-state index is -0.113. The van der Waals surface area contributed by atoms with Gasteiger partial charge in [0.1, 0.15) is 6.54 Å². The molecule has 0 atom stereocenters. The van der Waals surface area contributed by atoms with Crippen LogP contribution in [0, 0.1) is 0 Å². The Morgan fingerprint density at radius 3 is 2.06 bits per heavy atom. The Balaban J connectivity index is 1.44. The lowest BCUT2D eigenvalue weighted by Gasteiger charge is -2.16. The highest BCUT2D eigenvalue weighted by Crippen LogP contribution is 2.35. The van der Waals surface area contributed by atoms with Crippen LogP contribution in [-0.4, -0.2) is 10.5 Å². The average molecular weight is 404 g/mol. The number of benzene rings is 4. The number of pyridine rings is 1. The van der Waals surface area contributed by atoms with Gasteiger partial charge in [-0.1, -0.05) is 48.5 Å². The molecule has 4 nitrogen and oxygen atoms in total. The Morgan fingerprint density at radius 1 is 0.742 bits per heavy atom. The molecule has 0 bridgehead atoms. The molecule has 1 amide bonds. The fourth-order valence-corrected chi connectivity index (χ4v) is 4.94. The van der Waals surface area contributed by atoms with Crippen LogP contribution in [0.4, 0.5) is 5.69 Å². The van der Waals surface area contributed by atoms with E-state index in [1.807, 2.05) is 59.2 Å². The number of carbonyl (C=O) groups excluding carboxylic acids is 1. The van der Waals surface area contributed by atoms with E-state index in [1.54, 1.807) is 0 Å². The molecule has 0 aliphatic heterocycles. The molecule has 0 radical (unpaired) electrons. The molecule has 1 aliphatic carbocycles. The molecule has 4 heteroatoms. The third-order valence-corrected chi connectivity index (χ3v) is 6.33. The number of amides is 1. The molecular formula is C27H20N2O2. The van der Waals surface area contributed by atoms with Gasteiger partial charge < -0.3 is 9.88 Å². The van der Waals surface area contributed by atoms with E-state index < -0.39 is 0 Å². The van der Waals surface area contributed by atoms with E-state index in [1.165, 1.54) is 16.5 Å². The second-order valence-corrected chi connectivity index (χ2v) is 8.11. The number of hydrogen-bond acceptors (Lipinski definition) is 2. The summed E-state index contributed by atoms with van der Waals surface area (Å²) in [6.45, 7) is 0.129. The van der Waals surface area contributed by atoms with Crippen molar-refractivity contribution in [1.82, 2.24) is 4.57 Å². The topological polar surface area (TPSA) is 51.1 Å². The Kier molecular flexibility index (Phi) is 3.93.